The SMILES string of the molecule is COc1ccc(CCNC(=O)c2ccccc2-c2ccccc2C#N)cc1OC(F)F. The van der Waals surface area contributed by atoms with Crippen molar-refractivity contribution >= 4 is 5.91 Å². The molecular weight excluding hydrogens is 402 g/mol. The van der Waals surface area contributed by atoms with Crippen LogP contribution in [-0.2, 0) is 6.42 Å². The Morgan fingerprint density at radius 1 is 1.03 bits per heavy atom. The van der Waals surface area contributed by atoms with Crippen LogP contribution in [0.5, 0.6) is 11.5 Å². The summed E-state index contributed by atoms with van der Waals surface area (Å²) in [5, 5.41) is 12.2. The van der Waals surface area contributed by atoms with Gasteiger partial charge in [-0.2, -0.15) is 14.0 Å². The predicted octanol–water partition coefficient (Wildman–Crippen LogP) is 4.81. The molecule has 3 aromatic carbocycles. The number of nitrogens with zero attached hydrogens (tertiary/aromatic N) is 1. The molecule has 0 aromatic heterocycles. The topological polar surface area (TPSA) is 71.3 Å². The van der Waals surface area contributed by atoms with Crippen molar-refractivity contribution in [1.29, 1.82) is 5.26 Å². The number of hydrogen-bond donors (Lipinski definition) is 1. The lowest BCUT2D eigenvalue weighted by molar-refractivity contribution is -0.0512. The normalized spacial score (nSPS) is 10.4. The van der Waals surface area contributed by atoms with E-state index in [1.165, 1.54) is 13.2 Å². The summed E-state index contributed by atoms with van der Waals surface area (Å²) < 4.78 is 34.7. The molecule has 0 spiro atoms. The molecule has 3 rings (SSSR count). The first-order valence-corrected chi connectivity index (χ1v) is 9.52. The van der Waals surface area contributed by atoms with Gasteiger partial charge in [-0.25, -0.2) is 0 Å². The number of ether oxygens (including phenoxy) is 2. The highest BCUT2D eigenvalue weighted by atomic mass is 19.3. The second-order valence-electron chi connectivity index (χ2n) is 6.57. The molecule has 0 radical (unpaired) electrons. The van der Waals surface area contributed by atoms with E-state index < -0.39 is 6.61 Å². The minimum absolute atomic E-state index is 0.0558. The lowest BCUT2D eigenvalue weighted by atomic mass is 9.95. The Balaban J connectivity index is 1.72. The van der Waals surface area contributed by atoms with Crippen molar-refractivity contribution in [1.82, 2.24) is 5.32 Å². The highest BCUT2D eigenvalue weighted by Crippen LogP contribution is 2.30. The summed E-state index contributed by atoms with van der Waals surface area (Å²) in [5.74, 6) is -0.140. The van der Waals surface area contributed by atoms with Crippen LogP contribution in [0.25, 0.3) is 11.1 Å². The number of halogens is 2. The van der Waals surface area contributed by atoms with Gasteiger partial charge in [-0.1, -0.05) is 42.5 Å². The van der Waals surface area contributed by atoms with E-state index in [-0.39, 0.29) is 24.0 Å². The highest BCUT2D eigenvalue weighted by Gasteiger charge is 2.15. The average molecular weight is 422 g/mol. The zero-order valence-corrected chi connectivity index (χ0v) is 16.8. The summed E-state index contributed by atoms with van der Waals surface area (Å²) >= 11 is 0. The Hall–Kier alpha value is -3.92. The number of methoxy groups -OCH3 is 1. The van der Waals surface area contributed by atoms with Gasteiger partial charge in [0, 0.05) is 17.7 Å². The van der Waals surface area contributed by atoms with Gasteiger partial charge in [-0.15, -0.1) is 0 Å². The van der Waals surface area contributed by atoms with Crippen molar-refractivity contribution in [2.24, 2.45) is 0 Å². The number of amides is 1. The molecule has 0 bridgehead atoms. The molecule has 3 aromatic rings. The summed E-state index contributed by atoms with van der Waals surface area (Å²) in [6, 6.07) is 21.0. The van der Waals surface area contributed by atoms with Gasteiger partial charge < -0.3 is 14.8 Å². The van der Waals surface area contributed by atoms with E-state index >= 15 is 0 Å². The standard InChI is InChI=1S/C24H20F2N2O3/c1-30-21-11-10-16(14-22(21)31-24(25)26)12-13-28-23(29)20-9-5-4-8-19(20)18-7-3-2-6-17(18)15-27/h2-11,14,24H,12-13H2,1H3,(H,28,29). The van der Waals surface area contributed by atoms with Gasteiger partial charge in [0.2, 0.25) is 0 Å². The summed E-state index contributed by atoms with van der Waals surface area (Å²) in [7, 11) is 1.37. The van der Waals surface area contributed by atoms with Crippen LogP contribution in [0.15, 0.2) is 66.7 Å². The Bertz CT molecular complexity index is 1110. The number of hydrogen-bond acceptors (Lipinski definition) is 4. The predicted molar refractivity (Wildman–Crippen MR) is 112 cm³/mol. The molecule has 0 saturated heterocycles. The molecule has 158 valence electrons. The van der Waals surface area contributed by atoms with E-state index in [9.17, 15) is 18.8 Å². The fraction of sp³-hybridized carbons (Fsp3) is 0.167. The Labute approximate surface area is 178 Å². The van der Waals surface area contributed by atoms with Crippen molar-refractivity contribution in [2.45, 2.75) is 13.0 Å². The number of nitrogens with one attached hydrogen (secondary N) is 1. The summed E-state index contributed by atoms with van der Waals surface area (Å²) in [6.45, 7) is -2.68. The van der Waals surface area contributed by atoms with Gasteiger partial charge >= 0.3 is 6.61 Å². The minimum Gasteiger partial charge on any atom is -0.493 e. The molecule has 0 fully saturated rings. The summed E-state index contributed by atoms with van der Waals surface area (Å²) in [6.07, 6.45) is 0.409. The van der Waals surface area contributed by atoms with Gasteiger partial charge in [0.25, 0.3) is 5.91 Å². The second kappa shape index (κ2) is 10.2. The van der Waals surface area contributed by atoms with E-state index in [0.717, 1.165) is 0 Å². The number of nitriles is 1. The van der Waals surface area contributed by atoms with E-state index in [0.29, 0.717) is 34.2 Å². The third-order valence-corrected chi connectivity index (χ3v) is 4.65. The zero-order valence-electron chi connectivity index (χ0n) is 16.8. The van der Waals surface area contributed by atoms with Gasteiger partial charge in [0.1, 0.15) is 0 Å². The zero-order chi connectivity index (χ0) is 22.2. The third kappa shape index (κ3) is 5.37. The molecule has 1 N–H and O–H groups in total. The lowest BCUT2D eigenvalue weighted by Gasteiger charge is -2.13. The van der Waals surface area contributed by atoms with E-state index in [2.05, 4.69) is 16.1 Å². The number of benzene rings is 3. The van der Waals surface area contributed by atoms with Crippen molar-refractivity contribution in [3.05, 3.63) is 83.4 Å². The molecule has 1 amide bonds. The Morgan fingerprint density at radius 3 is 2.45 bits per heavy atom. The molecule has 5 nitrogen and oxygen atoms in total. The summed E-state index contributed by atoms with van der Waals surface area (Å²) in [4.78, 5) is 12.8. The first-order chi connectivity index (χ1) is 15.0. The van der Waals surface area contributed by atoms with E-state index in [1.807, 2.05) is 12.1 Å². The lowest BCUT2D eigenvalue weighted by Crippen LogP contribution is -2.26. The van der Waals surface area contributed by atoms with Crippen LogP contribution in [0.4, 0.5) is 8.78 Å². The first kappa shape index (κ1) is 21.8. The molecule has 0 aliphatic rings. The molecular formula is C24H20F2N2O3. The number of alkyl halides is 2. The van der Waals surface area contributed by atoms with E-state index in [1.54, 1.807) is 48.5 Å². The monoisotopic (exact) mass is 422 g/mol. The minimum atomic E-state index is -2.96. The average Bonchev–Trinajstić information content (AvgIpc) is 2.78. The number of carbonyl (C=O) groups is 1. The van der Waals surface area contributed by atoms with Gasteiger partial charge in [-0.05, 0) is 41.8 Å². The maximum atomic E-state index is 12.8. The first-order valence-electron chi connectivity index (χ1n) is 9.52. The molecule has 0 unspecified atom stereocenters. The van der Waals surface area contributed by atoms with Crippen molar-refractivity contribution in [2.75, 3.05) is 13.7 Å². The van der Waals surface area contributed by atoms with Crippen LogP contribution in [0, 0.1) is 11.3 Å². The fourth-order valence-corrected chi connectivity index (χ4v) is 3.21. The molecule has 7 heteroatoms. The summed E-state index contributed by atoms with van der Waals surface area (Å²) in [5.41, 5.74) is 2.97. The maximum absolute atomic E-state index is 12.8. The largest absolute Gasteiger partial charge is 0.493 e. The Morgan fingerprint density at radius 2 is 1.74 bits per heavy atom. The Kier molecular flexibility index (Phi) is 7.17. The maximum Gasteiger partial charge on any atom is 0.387 e. The second-order valence-corrected chi connectivity index (χ2v) is 6.57. The van der Waals surface area contributed by atoms with Crippen molar-refractivity contribution < 1.29 is 23.0 Å². The number of rotatable bonds is 8. The van der Waals surface area contributed by atoms with Crippen LogP contribution in [0.3, 0.4) is 0 Å². The van der Waals surface area contributed by atoms with Gasteiger partial charge in [0.15, 0.2) is 11.5 Å². The van der Waals surface area contributed by atoms with Crippen molar-refractivity contribution in [3.63, 3.8) is 0 Å². The number of carbonyl (C=O) groups excluding carboxylic acids is 1. The van der Waals surface area contributed by atoms with Gasteiger partial charge in [-0.3, -0.25) is 4.79 Å². The molecule has 0 saturated carbocycles. The van der Waals surface area contributed by atoms with Gasteiger partial charge in [0.05, 0.1) is 18.7 Å². The smallest absolute Gasteiger partial charge is 0.387 e. The van der Waals surface area contributed by atoms with Crippen molar-refractivity contribution in [3.8, 4) is 28.7 Å². The van der Waals surface area contributed by atoms with E-state index in [4.69, 9.17) is 4.74 Å². The third-order valence-electron chi connectivity index (χ3n) is 4.65. The van der Waals surface area contributed by atoms with Crippen LogP contribution in [-0.4, -0.2) is 26.2 Å². The molecule has 0 heterocycles. The van der Waals surface area contributed by atoms with Crippen LogP contribution >= 0.6 is 0 Å². The quantitative estimate of drug-likeness (QED) is 0.566. The fourth-order valence-electron chi connectivity index (χ4n) is 3.21. The highest BCUT2D eigenvalue weighted by molar-refractivity contribution is 6.01. The van der Waals surface area contributed by atoms with Crippen LogP contribution in [0.1, 0.15) is 21.5 Å². The van der Waals surface area contributed by atoms with Crippen LogP contribution < -0.4 is 14.8 Å². The molecule has 31 heavy (non-hydrogen) atoms. The van der Waals surface area contributed by atoms with Crippen LogP contribution in [0.2, 0.25) is 0 Å². The molecule has 0 aliphatic carbocycles. The molecule has 0 atom stereocenters. The molecule has 0 aliphatic heterocycles.